The van der Waals surface area contributed by atoms with Crippen LogP contribution in [0, 0.1) is 12.3 Å². The third-order valence-electron chi connectivity index (χ3n) is 1.77. The van der Waals surface area contributed by atoms with Crippen molar-refractivity contribution in [1.82, 2.24) is 10.6 Å². The summed E-state index contributed by atoms with van der Waals surface area (Å²) < 4.78 is 0. The zero-order valence-corrected chi connectivity index (χ0v) is 8.75. The number of carbonyl (C=O) groups excluding carboxylic acids is 1. The lowest BCUT2D eigenvalue weighted by molar-refractivity contribution is -0.139. The highest BCUT2D eigenvalue weighted by atomic mass is 16.4. The number of carbonyl (C=O) groups is 2. The topological polar surface area (TPSA) is 78.4 Å². The molecule has 0 aromatic carbocycles. The van der Waals surface area contributed by atoms with Crippen molar-refractivity contribution in [2.24, 2.45) is 0 Å². The van der Waals surface area contributed by atoms with Gasteiger partial charge in [-0.15, -0.1) is 6.42 Å². The van der Waals surface area contributed by atoms with E-state index in [4.69, 9.17) is 11.5 Å². The average Bonchev–Trinajstić information content (AvgIpc) is 2.20. The van der Waals surface area contributed by atoms with E-state index in [0.29, 0.717) is 6.42 Å². The van der Waals surface area contributed by atoms with E-state index in [1.165, 1.54) is 0 Å². The highest BCUT2D eigenvalue weighted by Crippen LogP contribution is 1.95. The Balaban J connectivity index is 3.84. The van der Waals surface area contributed by atoms with Crippen molar-refractivity contribution in [3.8, 4) is 12.3 Å². The molecule has 0 aromatic rings. The maximum atomic E-state index is 11.1. The molecule has 0 aliphatic rings. The molecule has 3 N–H and O–H groups in total. The highest BCUT2D eigenvalue weighted by Gasteiger charge is 2.16. The molecule has 1 unspecified atom stereocenters. The SMILES string of the molecule is C#CCNC(=O)CNC(CCC)C(=O)O. The Labute approximate surface area is 89.2 Å². The lowest BCUT2D eigenvalue weighted by Gasteiger charge is -2.12. The van der Waals surface area contributed by atoms with Crippen LogP contribution in [0.2, 0.25) is 0 Å². The monoisotopic (exact) mass is 212 g/mol. The van der Waals surface area contributed by atoms with Crippen LogP contribution >= 0.6 is 0 Å². The van der Waals surface area contributed by atoms with Gasteiger partial charge in [0.1, 0.15) is 6.04 Å². The lowest BCUT2D eigenvalue weighted by atomic mass is 10.2. The highest BCUT2D eigenvalue weighted by molar-refractivity contribution is 5.80. The maximum Gasteiger partial charge on any atom is 0.320 e. The van der Waals surface area contributed by atoms with E-state index in [0.717, 1.165) is 6.42 Å². The van der Waals surface area contributed by atoms with Gasteiger partial charge < -0.3 is 10.4 Å². The fourth-order valence-corrected chi connectivity index (χ4v) is 1.03. The first-order valence-corrected chi connectivity index (χ1v) is 4.78. The molecule has 1 amide bonds. The van der Waals surface area contributed by atoms with Crippen molar-refractivity contribution in [3.05, 3.63) is 0 Å². The average molecular weight is 212 g/mol. The smallest absolute Gasteiger partial charge is 0.320 e. The predicted octanol–water partition coefficient (Wildman–Crippen LogP) is -0.421. The molecule has 0 aliphatic heterocycles. The van der Waals surface area contributed by atoms with Gasteiger partial charge in [-0.25, -0.2) is 0 Å². The summed E-state index contributed by atoms with van der Waals surface area (Å²) >= 11 is 0. The molecule has 0 spiro atoms. The number of carboxylic acids is 1. The van der Waals surface area contributed by atoms with E-state index in [9.17, 15) is 9.59 Å². The van der Waals surface area contributed by atoms with Crippen LogP contribution in [0.3, 0.4) is 0 Å². The van der Waals surface area contributed by atoms with E-state index in [1.807, 2.05) is 6.92 Å². The molecule has 0 aliphatic carbocycles. The molecule has 0 rings (SSSR count). The summed E-state index contributed by atoms with van der Waals surface area (Å²) in [6.45, 7) is 2.01. The molecule has 15 heavy (non-hydrogen) atoms. The van der Waals surface area contributed by atoms with Crippen LogP contribution in [0.25, 0.3) is 0 Å². The van der Waals surface area contributed by atoms with Gasteiger partial charge in [0.2, 0.25) is 5.91 Å². The quantitative estimate of drug-likeness (QED) is 0.501. The van der Waals surface area contributed by atoms with Crippen molar-refractivity contribution in [2.75, 3.05) is 13.1 Å². The molecule has 0 radical (unpaired) electrons. The molecule has 0 heterocycles. The first-order chi connectivity index (χ1) is 7.11. The Hall–Kier alpha value is -1.54. The molecule has 0 saturated carbocycles. The van der Waals surface area contributed by atoms with Gasteiger partial charge in [0.15, 0.2) is 0 Å². The summed E-state index contributed by atoms with van der Waals surface area (Å²) in [4.78, 5) is 21.8. The van der Waals surface area contributed by atoms with E-state index in [1.54, 1.807) is 0 Å². The van der Waals surface area contributed by atoms with Crippen molar-refractivity contribution in [2.45, 2.75) is 25.8 Å². The second-order valence-corrected chi connectivity index (χ2v) is 3.04. The molecule has 0 aromatic heterocycles. The normalized spacial score (nSPS) is 11.5. The number of hydrogen-bond acceptors (Lipinski definition) is 3. The Morgan fingerprint density at radius 3 is 2.67 bits per heavy atom. The number of amides is 1. The zero-order chi connectivity index (χ0) is 11.7. The lowest BCUT2D eigenvalue weighted by Crippen LogP contribution is -2.43. The molecular weight excluding hydrogens is 196 g/mol. The van der Waals surface area contributed by atoms with Crippen LogP contribution in [-0.4, -0.2) is 36.1 Å². The minimum Gasteiger partial charge on any atom is -0.480 e. The number of hydrogen-bond donors (Lipinski definition) is 3. The summed E-state index contributed by atoms with van der Waals surface area (Å²) in [5, 5.41) is 13.9. The fraction of sp³-hybridized carbons (Fsp3) is 0.600. The first kappa shape index (κ1) is 13.5. The summed E-state index contributed by atoms with van der Waals surface area (Å²) in [5.74, 6) is 1.02. The second-order valence-electron chi connectivity index (χ2n) is 3.04. The Kier molecular flexibility index (Phi) is 7.02. The van der Waals surface area contributed by atoms with Gasteiger partial charge in [0, 0.05) is 0 Å². The Morgan fingerprint density at radius 2 is 2.20 bits per heavy atom. The summed E-state index contributed by atoms with van der Waals surface area (Å²) in [7, 11) is 0. The number of carboxylic acid groups (broad SMARTS) is 1. The largest absolute Gasteiger partial charge is 0.480 e. The van der Waals surface area contributed by atoms with Gasteiger partial charge in [-0.2, -0.15) is 0 Å². The Bertz CT molecular complexity index is 258. The molecule has 0 saturated heterocycles. The van der Waals surface area contributed by atoms with E-state index in [-0.39, 0.29) is 19.0 Å². The van der Waals surface area contributed by atoms with Crippen molar-refractivity contribution < 1.29 is 14.7 Å². The first-order valence-electron chi connectivity index (χ1n) is 4.78. The summed E-state index contributed by atoms with van der Waals surface area (Å²) in [6, 6.07) is -0.674. The standard InChI is InChI=1S/C10H16N2O3/c1-3-5-8(10(14)15)12-7-9(13)11-6-4-2/h2,8,12H,3,5-7H2,1H3,(H,11,13)(H,14,15). The molecule has 1 atom stereocenters. The Morgan fingerprint density at radius 1 is 1.53 bits per heavy atom. The van der Waals surface area contributed by atoms with E-state index >= 15 is 0 Å². The van der Waals surface area contributed by atoms with E-state index in [2.05, 4.69) is 16.6 Å². The summed E-state index contributed by atoms with van der Waals surface area (Å²) in [6.07, 6.45) is 6.19. The third-order valence-corrected chi connectivity index (χ3v) is 1.77. The fourth-order valence-electron chi connectivity index (χ4n) is 1.03. The maximum absolute atomic E-state index is 11.1. The molecule has 5 heteroatoms. The molecule has 5 nitrogen and oxygen atoms in total. The van der Waals surface area contributed by atoms with Gasteiger partial charge in [-0.3, -0.25) is 14.9 Å². The molecule has 0 bridgehead atoms. The number of rotatable bonds is 7. The van der Waals surface area contributed by atoms with E-state index < -0.39 is 12.0 Å². The van der Waals surface area contributed by atoms with Crippen LogP contribution < -0.4 is 10.6 Å². The van der Waals surface area contributed by atoms with Crippen LogP contribution in [0.4, 0.5) is 0 Å². The minimum absolute atomic E-state index is 0.0291. The van der Waals surface area contributed by atoms with Crippen LogP contribution in [0.1, 0.15) is 19.8 Å². The second kappa shape index (κ2) is 7.83. The van der Waals surface area contributed by atoms with Crippen molar-refractivity contribution >= 4 is 11.9 Å². The van der Waals surface area contributed by atoms with Crippen LogP contribution in [0.5, 0.6) is 0 Å². The van der Waals surface area contributed by atoms with Crippen LogP contribution in [0.15, 0.2) is 0 Å². The predicted molar refractivity (Wildman–Crippen MR) is 56.2 cm³/mol. The zero-order valence-electron chi connectivity index (χ0n) is 8.75. The number of aliphatic carboxylic acids is 1. The number of terminal acetylenes is 1. The molecule has 84 valence electrons. The number of nitrogens with one attached hydrogen (secondary N) is 2. The van der Waals surface area contributed by atoms with Gasteiger partial charge in [0.05, 0.1) is 13.1 Å². The van der Waals surface area contributed by atoms with Crippen molar-refractivity contribution in [1.29, 1.82) is 0 Å². The minimum atomic E-state index is -0.943. The molecule has 0 fully saturated rings. The van der Waals surface area contributed by atoms with Gasteiger partial charge in [0.25, 0.3) is 0 Å². The van der Waals surface area contributed by atoms with Crippen LogP contribution in [-0.2, 0) is 9.59 Å². The van der Waals surface area contributed by atoms with Gasteiger partial charge in [-0.1, -0.05) is 19.3 Å². The molecular formula is C10H16N2O3. The summed E-state index contributed by atoms with van der Waals surface area (Å²) in [5.41, 5.74) is 0. The third kappa shape index (κ3) is 6.52. The van der Waals surface area contributed by atoms with Crippen molar-refractivity contribution in [3.63, 3.8) is 0 Å². The van der Waals surface area contributed by atoms with Gasteiger partial charge >= 0.3 is 5.97 Å². The van der Waals surface area contributed by atoms with Gasteiger partial charge in [-0.05, 0) is 6.42 Å².